The summed E-state index contributed by atoms with van der Waals surface area (Å²) in [4.78, 5) is 48.9. The highest BCUT2D eigenvalue weighted by atomic mass is 16.5. The Morgan fingerprint density at radius 1 is 1.04 bits per heavy atom. The largest absolute Gasteiger partial charge is 0.426 e. The van der Waals surface area contributed by atoms with Crippen molar-refractivity contribution in [3.05, 3.63) is 65.2 Å². The van der Waals surface area contributed by atoms with Crippen LogP contribution in [0.25, 0.3) is 0 Å². The van der Waals surface area contributed by atoms with E-state index in [1.54, 1.807) is 36.4 Å². The van der Waals surface area contributed by atoms with E-state index in [-0.39, 0.29) is 31.1 Å². The van der Waals surface area contributed by atoms with Crippen LogP contribution in [0.5, 0.6) is 5.75 Å². The van der Waals surface area contributed by atoms with E-state index in [1.165, 1.54) is 19.1 Å². The molecule has 0 saturated heterocycles. The maximum Gasteiger partial charge on any atom is 0.312 e. The molecule has 0 saturated carbocycles. The molecule has 0 aliphatic carbocycles. The summed E-state index contributed by atoms with van der Waals surface area (Å²) in [5.41, 5.74) is 1.71. The molecule has 2 aromatic rings. The van der Waals surface area contributed by atoms with Gasteiger partial charge in [-0.15, -0.1) is 0 Å². The number of carbonyl (C=O) groups excluding carboxylic acids is 4. The van der Waals surface area contributed by atoms with E-state index in [0.29, 0.717) is 22.4 Å². The third kappa shape index (κ3) is 3.69. The van der Waals surface area contributed by atoms with Gasteiger partial charge in [0.2, 0.25) is 5.91 Å². The van der Waals surface area contributed by atoms with Crippen LogP contribution in [0.3, 0.4) is 0 Å². The zero-order chi connectivity index (χ0) is 18.7. The van der Waals surface area contributed by atoms with Crippen LogP contribution in [-0.2, 0) is 16.0 Å². The average molecular weight is 351 g/mol. The summed E-state index contributed by atoms with van der Waals surface area (Å²) >= 11 is 0. The van der Waals surface area contributed by atoms with E-state index in [2.05, 4.69) is 0 Å². The average Bonchev–Trinajstić information content (AvgIpc) is 2.62. The highest BCUT2D eigenvalue weighted by Crippen LogP contribution is 2.20. The van der Waals surface area contributed by atoms with Gasteiger partial charge in [-0.3, -0.25) is 24.1 Å². The highest BCUT2D eigenvalue weighted by molar-refractivity contribution is 6.09. The van der Waals surface area contributed by atoms with Gasteiger partial charge in [0.25, 0.3) is 5.91 Å². The summed E-state index contributed by atoms with van der Waals surface area (Å²) in [7, 11) is 0. The Morgan fingerprint density at radius 3 is 2.42 bits per heavy atom. The third-order valence-electron chi connectivity index (χ3n) is 4.17. The Balaban J connectivity index is 1.60. The number of ether oxygens (including phenoxy) is 1. The van der Waals surface area contributed by atoms with Gasteiger partial charge in [0, 0.05) is 17.7 Å². The fourth-order valence-electron chi connectivity index (χ4n) is 2.77. The lowest BCUT2D eigenvalue weighted by molar-refractivity contribution is -0.135. The van der Waals surface area contributed by atoms with Crippen molar-refractivity contribution in [1.29, 1.82) is 0 Å². The molecule has 0 atom stereocenters. The molecular weight excluding hydrogens is 334 g/mol. The van der Waals surface area contributed by atoms with E-state index in [9.17, 15) is 19.2 Å². The van der Waals surface area contributed by atoms with E-state index in [4.69, 9.17) is 4.74 Å². The molecule has 0 bridgehead atoms. The fraction of sp³-hybridized carbons (Fsp3) is 0.200. The number of Topliss-reactive ketones (excluding diaryl/α,β-unsaturated/α-hetero) is 1. The lowest BCUT2D eigenvalue weighted by atomic mass is 9.98. The van der Waals surface area contributed by atoms with Crippen molar-refractivity contribution in [3.63, 3.8) is 0 Å². The number of rotatable bonds is 5. The van der Waals surface area contributed by atoms with E-state index < -0.39 is 11.9 Å². The van der Waals surface area contributed by atoms with Gasteiger partial charge < -0.3 is 4.74 Å². The first-order chi connectivity index (χ1) is 12.5. The standard InChI is InChI=1S/C20H17NO5/c1-13(22)14-6-8-16(9-7-14)26-19(24)10-11-21-18(23)12-15-4-2-3-5-17(15)20(21)25/h2-9H,10-12H2,1H3. The molecule has 0 radical (unpaired) electrons. The van der Waals surface area contributed by atoms with E-state index in [0.717, 1.165) is 4.90 Å². The number of benzene rings is 2. The third-order valence-corrected chi connectivity index (χ3v) is 4.17. The molecule has 0 fully saturated rings. The molecule has 0 unspecified atom stereocenters. The number of hydrogen-bond donors (Lipinski definition) is 0. The van der Waals surface area contributed by atoms with Crippen molar-refractivity contribution < 1.29 is 23.9 Å². The summed E-state index contributed by atoms with van der Waals surface area (Å²) in [5.74, 6) is -1.05. The van der Waals surface area contributed by atoms with Gasteiger partial charge in [0.1, 0.15) is 5.75 Å². The minimum atomic E-state index is -0.556. The zero-order valence-electron chi connectivity index (χ0n) is 14.2. The molecule has 0 spiro atoms. The predicted octanol–water partition coefficient (Wildman–Crippen LogP) is 2.41. The summed E-state index contributed by atoms with van der Waals surface area (Å²) in [5, 5.41) is 0. The second-order valence-corrected chi connectivity index (χ2v) is 5.99. The number of nitrogens with zero attached hydrogens (tertiary/aromatic N) is 1. The van der Waals surface area contributed by atoms with Gasteiger partial charge in [0.05, 0.1) is 12.8 Å². The first-order valence-corrected chi connectivity index (χ1v) is 8.20. The maximum atomic E-state index is 12.4. The Labute approximate surface area is 150 Å². The molecule has 1 aliphatic rings. The number of fused-ring (bicyclic) bond motifs is 1. The number of hydrogen-bond acceptors (Lipinski definition) is 5. The number of imide groups is 1. The molecule has 26 heavy (non-hydrogen) atoms. The van der Waals surface area contributed by atoms with Crippen molar-refractivity contribution in [1.82, 2.24) is 4.90 Å². The summed E-state index contributed by atoms with van der Waals surface area (Å²) in [6.45, 7) is 1.42. The Bertz CT molecular complexity index is 885. The Hall–Kier alpha value is -3.28. The monoisotopic (exact) mass is 351 g/mol. The van der Waals surface area contributed by atoms with Gasteiger partial charge in [-0.05, 0) is 42.8 Å². The molecule has 2 amide bonds. The second kappa shape index (κ2) is 7.31. The SMILES string of the molecule is CC(=O)c1ccc(OC(=O)CCN2C(=O)Cc3ccccc3C2=O)cc1. The van der Waals surface area contributed by atoms with Gasteiger partial charge in [0.15, 0.2) is 5.78 Å². The molecule has 0 aromatic heterocycles. The van der Waals surface area contributed by atoms with Crippen LogP contribution in [0, 0.1) is 0 Å². The number of amides is 2. The van der Waals surface area contributed by atoms with Crippen LogP contribution in [0.1, 0.15) is 39.6 Å². The number of ketones is 1. The molecule has 1 aliphatic heterocycles. The van der Waals surface area contributed by atoms with E-state index >= 15 is 0 Å². The second-order valence-electron chi connectivity index (χ2n) is 5.99. The lowest BCUT2D eigenvalue weighted by Gasteiger charge is -2.26. The van der Waals surface area contributed by atoms with Crippen LogP contribution in [0.15, 0.2) is 48.5 Å². The first kappa shape index (κ1) is 17.5. The van der Waals surface area contributed by atoms with Gasteiger partial charge >= 0.3 is 5.97 Å². The summed E-state index contributed by atoms with van der Waals surface area (Å²) in [6.07, 6.45) is 0.0393. The van der Waals surface area contributed by atoms with Crippen LogP contribution in [0.2, 0.25) is 0 Å². The van der Waals surface area contributed by atoms with Gasteiger partial charge in [-0.2, -0.15) is 0 Å². The molecule has 6 nitrogen and oxygen atoms in total. The highest BCUT2D eigenvalue weighted by Gasteiger charge is 2.30. The normalized spacial score (nSPS) is 13.3. The number of carbonyl (C=O) groups is 4. The van der Waals surface area contributed by atoms with Crippen LogP contribution >= 0.6 is 0 Å². The van der Waals surface area contributed by atoms with Crippen LogP contribution in [0.4, 0.5) is 0 Å². The number of esters is 1. The Morgan fingerprint density at radius 2 is 1.73 bits per heavy atom. The van der Waals surface area contributed by atoms with Crippen molar-refractivity contribution >= 4 is 23.6 Å². The van der Waals surface area contributed by atoms with Gasteiger partial charge in [-0.1, -0.05) is 18.2 Å². The maximum absolute atomic E-state index is 12.4. The summed E-state index contributed by atoms with van der Waals surface area (Å²) < 4.78 is 5.18. The first-order valence-electron chi connectivity index (χ1n) is 8.20. The minimum Gasteiger partial charge on any atom is -0.426 e. The fourth-order valence-corrected chi connectivity index (χ4v) is 2.77. The van der Waals surface area contributed by atoms with Crippen molar-refractivity contribution in [3.8, 4) is 5.75 Å². The molecule has 132 valence electrons. The quantitative estimate of drug-likeness (QED) is 0.358. The Kier molecular flexibility index (Phi) is 4.93. The molecule has 2 aromatic carbocycles. The molecular formula is C20H17NO5. The topological polar surface area (TPSA) is 80.8 Å². The van der Waals surface area contributed by atoms with Crippen LogP contribution < -0.4 is 4.74 Å². The lowest BCUT2D eigenvalue weighted by Crippen LogP contribution is -2.43. The zero-order valence-corrected chi connectivity index (χ0v) is 14.2. The smallest absolute Gasteiger partial charge is 0.312 e. The summed E-state index contributed by atoms with van der Waals surface area (Å²) in [6, 6.07) is 13.1. The molecule has 1 heterocycles. The molecule has 0 N–H and O–H groups in total. The predicted molar refractivity (Wildman–Crippen MR) is 92.9 cm³/mol. The van der Waals surface area contributed by atoms with Crippen LogP contribution in [-0.4, -0.2) is 35.0 Å². The minimum absolute atomic E-state index is 0.0314. The van der Waals surface area contributed by atoms with Crippen molar-refractivity contribution in [2.45, 2.75) is 19.8 Å². The molecule has 6 heteroatoms. The van der Waals surface area contributed by atoms with Gasteiger partial charge in [-0.25, -0.2) is 0 Å². The molecule has 3 rings (SSSR count). The van der Waals surface area contributed by atoms with Crippen molar-refractivity contribution in [2.24, 2.45) is 0 Å². The van der Waals surface area contributed by atoms with E-state index in [1.807, 2.05) is 0 Å². The van der Waals surface area contributed by atoms with Crippen molar-refractivity contribution in [2.75, 3.05) is 6.54 Å².